The Morgan fingerprint density at radius 2 is 2.11 bits per heavy atom. The molecule has 1 atom stereocenters. The van der Waals surface area contributed by atoms with Crippen LogP contribution in [0.15, 0.2) is 24.3 Å². The number of aromatic hydroxyl groups is 1. The minimum Gasteiger partial charge on any atom is -0.508 e. The first kappa shape index (κ1) is 13.9. The van der Waals surface area contributed by atoms with Crippen LogP contribution in [0.2, 0.25) is 0 Å². The van der Waals surface area contributed by atoms with E-state index in [-0.39, 0.29) is 11.7 Å². The van der Waals surface area contributed by atoms with E-state index in [1.54, 1.807) is 12.1 Å². The second-order valence-electron chi connectivity index (χ2n) is 5.39. The van der Waals surface area contributed by atoms with Crippen molar-refractivity contribution in [1.82, 2.24) is 4.90 Å². The maximum atomic E-state index is 12.3. The van der Waals surface area contributed by atoms with E-state index >= 15 is 0 Å². The van der Waals surface area contributed by atoms with E-state index in [0.29, 0.717) is 6.42 Å². The molecule has 0 spiro atoms. The number of carbonyl (C=O) groups is 1. The van der Waals surface area contributed by atoms with Crippen molar-refractivity contribution < 1.29 is 9.90 Å². The molecule has 1 aromatic carbocycles. The van der Waals surface area contributed by atoms with Crippen LogP contribution in [0.4, 0.5) is 0 Å². The molecule has 2 rings (SSSR count). The van der Waals surface area contributed by atoms with E-state index in [4.69, 9.17) is 0 Å². The van der Waals surface area contributed by atoms with Gasteiger partial charge in [0.2, 0.25) is 5.91 Å². The van der Waals surface area contributed by atoms with Crippen molar-refractivity contribution in [3.63, 3.8) is 0 Å². The normalized spacial score (nSPS) is 20.1. The molecule has 0 aliphatic carbocycles. The first-order valence-corrected chi connectivity index (χ1v) is 7.25. The van der Waals surface area contributed by atoms with Gasteiger partial charge in [0.05, 0.1) is 6.42 Å². The number of hydrogen-bond acceptors (Lipinski definition) is 2. The van der Waals surface area contributed by atoms with Crippen molar-refractivity contribution in [2.45, 2.75) is 39.0 Å². The number of benzene rings is 1. The SMILES string of the molecule is CCC1CCCN(C(=O)Cc2ccccc2O)CC1. The van der Waals surface area contributed by atoms with Gasteiger partial charge in [-0.15, -0.1) is 0 Å². The van der Waals surface area contributed by atoms with Crippen LogP contribution in [0, 0.1) is 5.92 Å². The Balaban J connectivity index is 1.95. The van der Waals surface area contributed by atoms with Gasteiger partial charge in [0, 0.05) is 18.7 Å². The largest absolute Gasteiger partial charge is 0.508 e. The van der Waals surface area contributed by atoms with Gasteiger partial charge in [0.15, 0.2) is 0 Å². The fraction of sp³-hybridized carbons (Fsp3) is 0.562. The summed E-state index contributed by atoms with van der Waals surface area (Å²) in [7, 11) is 0. The van der Waals surface area contributed by atoms with Crippen LogP contribution in [-0.4, -0.2) is 29.0 Å². The average Bonchev–Trinajstić information content (AvgIpc) is 2.66. The highest BCUT2D eigenvalue weighted by atomic mass is 16.3. The van der Waals surface area contributed by atoms with E-state index in [1.165, 1.54) is 12.8 Å². The molecule has 0 bridgehead atoms. The summed E-state index contributed by atoms with van der Waals surface area (Å²) in [5.74, 6) is 1.12. The van der Waals surface area contributed by atoms with Gasteiger partial charge in [-0.2, -0.15) is 0 Å². The average molecular weight is 261 g/mol. The number of para-hydroxylation sites is 1. The van der Waals surface area contributed by atoms with Crippen molar-refractivity contribution in [2.75, 3.05) is 13.1 Å². The van der Waals surface area contributed by atoms with Crippen LogP contribution < -0.4 is 0 Å². The summed E-state index contributed by atoms with van der Waals surface area (Å²) in [5.41, 5.74) is 0.726. The molecule has 1 amide bonds. The molecule has 1 unspecified atom stereocenters. The van der Waals surface area contributed by atoms with Crippen LogP contribution in [0.1, 0.15) is 38.2 Å². The maximum absolute atomic E-state index is 12.3. The Morgan fingerprint density at radius 3 is 2.84 bits per heavy atom. The van der Waals surface area contributed by atoms with E-state index in [9.17, 15) is 9.90 Å². The fourth-order valence-corrected chi connectivity index (χ4v) is 2.76. The number of nitrogens with zero attached hydrogens (tertiary/aromatic N) is 1. The molecule has 0 radical (unpaired) electrons. The lowest BCUT2D eigenvalue weighted by Gasteiger charge is -2.21. The smallest absolute Gasteiger partial charge is 0.227 e. The molecule has 1 aliphatic heterocycles. The third-order valence-corrected chi connectivity index (χ3v) is 4.11. The molecule has 1 fully saturated rings. The number of phenols is 1. The van der Waals surface area contributed by atoms with Crippen molar-refractivity contribution in [3.05, 3.63) is 29.8 Å². The number of amides is 1. The maximum Gasteiger partial charge on any atom is 0.227 e. The molecule has 0 aromatic heterocycles. The first-order chi connectivity index (χ1) is 9.20. The summed E-state index contributed by atoms with van der Waals surface area (Å²) in [6.07, 6.45) is 4.97. The Morgan fingerprint density at radius 1 is 1.32 bits per heavy atom. The van der Waals surface area contributed by atoms with Gasteiger partial charge >= 0.3 is 0 Å². The molecule has 3 heteroatoms. The topological polar surface area (TPSA) is 40.5 Å². The lowest BCUT2D eigenvalue weighted by atomic mass is 9.98. The van der Waals surface area contributed by atoms with Gasteiger partial charge < -0.3 is 10.0 Å². The Labute approximate surface area is 115 Å². The molecule has 19 heavy (non-hydrogen) atoms. The van der Waals surface area contributed by atoms with E-state index in [1.807, 2.05) is 17.0 Å². The molecule has 1 aromatic rings. The Kier molecular flexibility index (Phi) is 4.83. The fourth-order valence-electron chi connectivity index (χ4n) is 2.76. The molecular formula is C16H23NO2. The second kappa shape index (κ2) is 6.60. The summed E-state index contributed by atoms with van der Waals surface area (Å²) in [6.45, 7) is 3.96. The Hall–Kier alpha value is -1.51. The third-order valence-electron chi connectivity index (χ3n) is 4.11. The zero-order valence-corrected chi connectivity index (χ0v) is 11.6. The highest BCUT2D eigenvalue weighted by Gasteiger charge is 2.20. The summed E-state index contributed by atoms with van der Waals surface area (Å²) in [5, 5.41) is 9.72. The van der Waals surface area contributed by atoms with Crippen LogP contribution in [0.25, 0.3) is 0 Å². The molecule has 1 saturated heterocycles. The van der Waals surface area contributed by atoms with E-state index in [0.717, 1.165) is 37.4 Å². The number of likely N-dealkylation sites (tertiary alicyclic amines) is 1. The van der Waals surface area contributed by atoms with Gasteiger partial charge in [-0.05, 0) is 31.2 Å². The molecular weight excluding hydrogens is 238 g/mol. The number of hydrogen-bond donors (Lipinski definition) is 1. The van der Waals surface area contributed by atoms with Gasteiger partial charge in [0.25, 0.3) is 0 Å². The number of phenolic OH excluding ortho intramolecular Hbond substituents is 1. The predicted molar refractivity (Wildman–Crippen MR) is 76.0 cm³/mol. The zero-order chi connectivity index (χ0) is 13.7. The van der Waals surface area contributed by atoms with Gasteiger partial charge in [0.1, 0.15) is 5.75 Å². The monoisotopic (exact) mass is 261 g/mol. The van der Waals surface area contributed by atoms with Crippen molar-refractivity contribution >= 4 is 5.91 Å². The molecule has 1 heterocycles. The highest BCUT2D eigenvalue weighted by molar-refractivity contribution is 5.79. The van der Waals surface area contributed by atoms with Crippen LogP contribution in [0.3, 0.4) is 0 Å². The molecule has 1 aliphatic rings. The van der Waals surface area contributed by atoms with Crippen molar-refractivity contribution in [3.8, 4) is 5.75 Å². The summed E-state index contributed by atoms with van der Waals surface area (Å²) < 4.78 is 0. The quantitative estimate of drug-likeness (QED) is 0.908. The van der Waals surface area contributed by atoms with Crippen LogP contribution in [-0.2, 0) is 11.2 Å². The van der Waals surface area contributed by atoms with E-state index < -0.39 is 0 Å². The highest BCUT2D eigenvalue weighted by Crippen LogP contribution is 2.22. The standard InChI is InChI=1S/C16H23NO2/c1-2-13-6-5-10-17(11-9-13)16(19)12-14-7-3-4-8-15(14)18/h3-4,7-8,13,18H,2,5-6,9-12H2,1H3. The molecule has 1 N–H and O–H groups in total. The number of carbonyl (C=O) groups excluding carboxylic acids is 1. The zero-order valence-electron chi connectivity index (χ0n) is 11.6. The first-order valence-electron chi connectivity index (χ1n) is 7.25. The molecule has 3 nitrogen and oxygen atoms in total. The number of rotatable bonds is 3. The summed E-state index contributed by atoms with van der Waals surface area (Å²) in [4.78, 5) is 14.2. The minimum atomic E-state index is 0.137. The minimum absolute atomic E-state index is 0.137. The van der Waals surface area contributed by atoms with Gasteiger partial charge in [-0.3, -0.25) is 4.79 Å². The Bertz CT molecular complexity index is 431. The van der Waals surface area contributed by atoms with Crippen molar-refractivity contribution in [2.24, 2.45) is 5.92 Å². The molecule has 0 saturated carbocycles. The third kappa shape index (κ3) is 3.72. The van der Waals surface area contributed by atoms with E-state index in [2.05, 4.69) is 6.92 Å². The van der Waals surface area contributed by atoms with Crippen molar-refractivity contribution in [1.29, 1.82) is 0 Å². The van der Waals surface area contributed by atoms with Crippen LogP contribution >= 0.6 is 0 Å². The lowest BCUT2D eigenvalue weighted by Crippen LogP contribution is -2.33. The lowest BCUT2D eigenvalue weighted by molar-refractivity contribution is -0.130. The molecule has 104 valence electrons. The van der Waals surface area contributed by atoms with Crippen LogP contribution in [0.5, 0.6) is 5.75 Å². The predicted octanol–water partition coefficient (Wildman–Crippen LogP) is 2.97. The second-order valence-corrected chi connectivity index (χ2v) is 5.39. The summed E-state index contributed by atoms with van der Waals surface area (Å²) in [6, 6.07) is 7.09. The van der Waals surface area contributed by atoms with Gasteiger partial charge in [-0.25, -0.2) is 0 Å². The van der Waals surface area contributed by atoms with Gasteiger partial charge in [-0.1, -0.05) is 31.5 Å². The summed E-state index contributed by atoms with van der Waals surface area (Å²) >= 11 is 0.